The molecule has 0 radical (unpaired) electrons. The SMILES string of the molecule is Cc1ccc(C(=O)N/C(=C/c2ccc(-c3cc(C(F)(F)F)ccc3Cl)o2)C(=O)NCC(C)(C)CN(C)C)cc1. The summed E-state index contributed by atoms with van der Waals surface area (Å²) in [5.41, 5.74) is 0.149. The maximum atomic E-state index is 13.2. The molecule has 0 aliphatic rings. The van der Waals surface area contributed by atoms with Gasteiger partial charge in [0.2, 0.25) is 0 Å². The Morgan fingerprint density at radius 2 is 1.69 bits per heavy atom. The summed E-state index contributed by atoms with van der Waals surface area (Å²) in [5.74, 6) is -0.830. The number of rotatable bonds is 9. The van der Waals surface area contributed by atoms with Crippen molar-refractivity contribution in [2.75, 3.05) is 27.2 Å². The molecule has 2 amide bonds. The first-order valence-corrected chi connectivity index (χ1v) is 12.5. The molecule has 0 bridgehead atoms. The highest BCUT2D eigenvalue weighted by Gasteiger charge is 2.31. The van der Waals surface area contributed by atoms with Gasteiger partial charge in [0.05, 0.1) is 10.6 Å². The van der Waals surface area contributed by atoms with Gasteiger partial charge in [-0.3, -0.25) is 9.59 Å². The van der Waals surface area contributed by atoms with E-state index < -0.39 is 23.6 Å². The molecule has 0 aliphatic carbocycles. The first kappa shape index (κ1) is 30.0. The molecule has 208 valence electrons. The molecule has 0 aliphatic heterocycles. The van der Waals surface area contributed by atoms with Crippen LogP contribution >= 0.6 is 11.6 Å². The van der Waals surface area contributed by atoms with Crippen molar-refractivity contribution in [3.05, 3.63) is 87.8 Å². The van der Waals surface area contributed by atoms with Crippen LogP contribution < -0.4 is 10.6 Å². The lowest BCUT2D eigenvalue weighted by Gasteiger charge is -2.28. The maximum Gasteiger partial charge on any atom is 0.416 e. The second-order valence-corrected chi connectivity index (χ2v) is 10.8. The second-order valence-electron chi connectivity index (χ2n) is 10.4. The Morgan fingerprint density at radius 1 is 1.03 bits per heavy atom. The van der Waals surface area contributed by atoms with Crippen LogP contribution in [0.4, 0.5) is 13.2 Å². The van der Waals surface area contributed by atoms with Crippen molar-refractivity contribution in [3.8, 4) is 11.3 Å². The van der Waals surface area contributed by atoms with E-state index in [4.69, 9.17) is 16.0 Å². The molecular weight excluding hydrogens is 531 g/mol. The van der Waals surface area contributed by atoms with Crippen molar-refractivity contribution in [3.63, 3.8) is 0 Å². The standard InChI is InChI=1S/C29H31ClF3N3O3/c1-18-6-8-19(9-7-18)26(37)35-24(27(38)34-16-28(2,3)17-36(4)5)15-21-11-13-25(39-21)22-14-20(29(31,32)33)10-12-23(22)30/h6-15H,16-17H2,1-5H3,(H,34,38)(H,35,37)/b24-15+. The van der Waals surface area contributed by atoms with Crippen LogP contribution in [0.5, 0.6) is 0 Å². The Hall–Kier alpha value is -3.56. The number of carbonyl (C=O) groups excluding carboxylic acids is 2. The quantitative estimate of drug-likeness (QED) is 0.296. The summed E-state index contributed by atoms with van der Waals surface area (Å²) < 4.78 is 45.4. The van der Waals surface area contributed by atoms with Crippen LogP contribution in [-0.4, -0.2) is 43.9 Å². The van der Waals surface area contributed by atoms with Crippen LogP contribution in [0.3, 0.4) is 0 Å². The number of amides is 2. The van der Waals surface area contributed by atoms with Crippen LogP contribution in [0.25, 0.3) is 17.4 Å². The average molecular weight is 562 g/mol. The predicted octanol–water partition coefficient (Wildman–Crippen LogP) is 6.40. The number of aryl methyl sites for hydroxylation is 1. The lowest BCUT2D eigenvalue weighted by molar-refractivity contribution is -0.137. The molecule has 0 atom stereocenters. The van der Waals surface area contributed by atoms with E-state index in [1.807, 2.05) is 39.8 Å². The van der Waals surface area contributed by atoms with Crippen molar-refractivity contribution < 1.29 is 27.2 Å². The molecule has 10 heteroatoms. The number of alkyl halides is 3. The lowest BCUT2D eigenvalue weighted by atomic mass is 9.93. The smallest absolute Gasteiger partial charge is 0.416 e. The number of hydrogen-bond donors (Lipinski definition) is 2. The summed E-state index contributed by atoms with van der Waals surface area (Å²) in [4.78, 5) is 28.1. The molecule has 39 heavy (non-hydrogen) atoms. The summed E-state index contributed by atoms with van der Waals surface area (Å²) in [5, 5.41) is 5.55. The van der Waals surface area contributed by atoms with Gasteiger partial charge >= 0.3 is 6.18 Å². The van der Waals surface area contributed by atoms with Crippen molar-refractivity contribution in [1.82, 2.24) is 15.5 Å². The zero-order valence-electron chi connectivity index (χ0n) is 22.4. The fourth-order valence-electron chi connectivity index (χ4n) is 3.99. The van der Waals surface area contributed by atoms with Gasteiger partial charge in [0.15, 0.2) is 0 Å². The van der Waals surface area contributed by atoms with Gasteiger partial charge in [-0.25, -0.2) is 0 Å². The minimum atomic E-state index is -4.56. The Morgan fingerprint density at radius 3 is 2.31 bits per heavy atom. The van der Waals surface area contributed by atoms with Gasteiger partial charge in [-0.2, -0.15) is 13.2 Å². The van der Waals surface area contributed by atoms with Crippen molar-refractivity contribution in [2.24, 2.45) is 5.41 Å². The molecule has 0 fully saturated rings. The first-order chi connectivity index (χ1) is 18.1. The van der Waals surface area contributed by atoms with Gasteiger partial charge in [0.1, 0.15) is 17.2 Å². The Kier molecular flexibility index (Phi) is 9.30. The largest absolute Gasteiger partial charge is 0.457 e. The number of nitrogens with zero attached hydrogens (tertiary/aromatic N) is 1. The average Bonchev–Trinajstić information content (AvgIpc) is 3.29. The summed E-state index contributed by atoms with van der Waals surface area (Å²) in [6, 6.07) is 12.7. The summed E-state index contributed by atoms with van der Waals surface area (Å²) >= 11 is 6.15. The fraction of sp³-hybridized carbons (Fsp3) is 0.310. The molecule has 1 aromatic heterocycles. The van der Waals surface area contributed by atoms with Gasteiger partial charge in [-0.15, -0.1) is 0 Å². The van der Waals surface area contributed by atoms with E-state index >= 15 is 0 Å². The van der Waals surface area contributed by atoms with Crippen LogP contribution in [0.15, 0.2) is 64.7 Å². The summed E-state index contributed by atoms with van der Waals surface area (Å²) in [6.45, 7) is 6.92. The lowest BCUT2D eigenvalue weighted by Crippen LogP contribution is -2.42. The number of carbonyl (C=O) groups is 2. The highest BCUT2D eigenvalue weighted by Crippen LogP contribution is 2.36. The van der Waals surface area contributed by atoms with Crippen molar-refractivity contribution >= 4 is 29.5 Å². The number of halogens is 4. The third-order valence-corrected chi connectivity index (χ3v) is 6.08. The van der Waals surface area contributed by atoms with E-state index in [-0.39, 0.29) is 33.2 Å². The van der Waals surface area contributed by atoms with E-state index in [0.29, 0.717) is 18.7 Å². The molecule has 3 rings (SSSR count). The van der Waals surface area contributed by atoms with Gasteiger partial charge in [-0.05, 0) is 68.9 Å². The van der Waals surface area contributed by atoms with Crippen molar-refractivity contribution in [2.45, 2.75) is 26.9 Å². The minimum absolute atomic E-state index is 0.0475. The summed E-state index contributed by atoms with van der Waals surface area (Å²) in [7, 11) is 3.86. The normalized spacial score (nSPS) is 12.5. The van der Waals surface area contributed by atoms with Gasteiger partial charge in [0.25, 0.3) is 11.8 Å². The first-order valence-electron chi connectivity index (χ1n) is 12.1. The topological polar surface area (TPSA) is 74.6 Å². The van der Waals surface area contributed by atoms with Crippen LogP contribution in [0.1, 0.15) is 41.1 Å². The van der Waals surface area contributed by atoms with E-state index in [0.717, 1.165) is 23.8 Å². The maximum absolute atomic E-state index is 13.2. The van der Waals surface area contributed by atoms with E-state index in [2.05, 4.69) is 10.6 Å². The van der Waals surface area contributed by atoms with Crippen LogP contribution in [-0.2, 0) is 11.0 Å². The number of nitrogens with one attached hydrogen (secondary N) is 2. The van der Waals surface area contributed by atoms with Gasteiger partial charge < -0.3 is 20.0 Å². The number of furan rings is 1. The molecule has 3 aromatic rings. The van der Waals surface area contributed by atoms with Crippen LogP contribution in [0, 0.1) is 12.3 Å². The fourth-order valence-corrected chi connectivity index (χ4v) is 4.20. The summed E-state index contributed by atoms with van der Waals surface area (Å²) in [6.07, 6.45) is -3.23. The van der Waals surface area contributed by atoms with E-state index in [1.165, 1.54) is 18.2 Å². The van der Waals surface area contributed by atoms with E-state index in [9.17, 15) is 22.8 Å². The zero-order chi connectivity index (χ0) is 29.0. The number of benzene rings is 2. The predicted molar refractivity (Wildman–Crippen MR) is 146 cm³/mol. The molecule has 2 aromatic carbocycles. The molecule has 1 heterocycles. The van der Waals surface area contributed by atoms with Gasteiger partial charge in [-0.1, -0.05) is 43.1 Å². The van der Waals surface area contributed by atoms with Crippen LogP contribution in [0.2, 0.25) is 5.02 Å². The van der Waals surface area contributed by atoms with Gasteiger partial charge in [0, 0.05) is 30.3 Å². The molecule has 0 saturated heterocycles. The Balaban J connectivity index is 1.92. The third-order valence-electron chi connectivity index (χ3n) is 5.75. The molecule has 0 saturated carbocycles. The van der Waals surface area contributed by atoms with E-state index in [1.54, 1.807) is 24.3 Å². The molecule has 6 nitrogen and oxygen atoms in total. The highest BCUT2D eigenvalue weighted by molar-refractivity contribution is 6.33. The molecule has 0 unspecified atom stereocenters. The van der Waals surface area contributed by atoms with Crippen molar-refractivity contribution in [1.29, 1.82) is 0 Å². The highest BCUT2D eigenvalue weighted by atomic mass is 35.5. The Bertz CT molecular complexity index is 1360. The Labute approximate surface area is 230 Å². The zero-order valence-corrected chi connectivity index (χ0v) is 23.1. The minimum Gasteiger partial charge on any atom is -0.457 e. The second kappa shape index (κ2) is 12.1. The monoisotopic (exact) mass is 561 g/mol. The number of hydrogen-bond acceptors (Lipinski definition) is 4. The molecule has 0 spiro atoms. The third kappa shape index (κ3) is 8.46. The molecule has 2 N–H and O–H groups in total. The molecular formula is C29H31ClF3N3O3.